The lowest BCUT2D eigenvalue weighted by Crippen LogP contribution is -2.60. The molecule has 1 amide bonds. The van der Waals surface area contributed by atoms with Gasteiger partial charge in [0, 0.05) is 13.1 Å². The third-order valence-corrected chi connectivity index (χ3v) is 2.97. The molecule has 0 unspecified atom stereocenters. The summed E-state index contributed by atoms with van der Waals surface area (Å²) in [5.74, 6) is 0. The Bertz CT molecular complexity index is 537. The lowest BCUT2D eigenvalue weighted by molar-refractivity contribution is 0.0496. The molecule has 1 N–H and O–H groups in total. The highest BCUT2D eigenvalue weighted by Crippen LogP contribution is 2.24. The Balaban J connectivity index is 1.86. The van der Waals surface area contributed by atoms with Gasteiger partial charge >= 0.3 is 6.09 Å². The summed E-state index contributed by atoms with van der Waals surface area (Å²) in [5, 5.41) is 11.9. The van der Waals surface area contributed by atoms with Gasteiger partial charge in [0.1, 0.15) is 11.7 Å². The number of hydrogen-bond donors (Lipinski definition) is 1. The number of benzene rings is 1. The molecule has 0 spiro atoms. The fraction of sp³-hybridized carbons (Fsp3) is 0.467. The van der Waals surface area contributed by atoms with Crippen molar-refractivity contribution in [2.75, 3.05) is 18.0 Å². The van der Waals surface area contributed by atoms with E-state index in [2.05, 4.69) is 16.3 Å². The minimum Gasteiger partial charge on any atom is -0.444 e. The van der Waals surface area contributed by atoms with E-state index in [4.69, 9.17) is 10.00 Å². The van der Waals surface area contributed by atoms with E-state index in [-0.39, 0.29) is 6.04 Å². The maximum atomic E-state index is 11.6. The number of nitrogens with one attached hydrogen (secondary N) is 1. The molecule has 1 aliphatic rings. The van der Waals surface area contributed by atoms with Gasteiger partial charge in [0.05, 0.1) is 17.3 Å². The molecule has 0 radical (unpaired) electrons. The van der Waals surface area contributed by atoms with Crippen LogP contribution in [0.4, 0.5) is 10.5 Å². The number of para-hydroxylation sites is 1. The molecule has 1 fully saturated rings. The Morgan fingerprint density at radius 2 is 2.05 bits per heavy atom. The van der Waals surface area contributed by atoms with Crippen LogP contribution in [0.15, 0.2) is 24.3 Å². The van der Waals surface area contributed by atoms with E-state index in [1.807, 2.05) is 39.0 Å². The van der Waals surface area contributed by atoms with Crippen LogP contribution in [-0.2, 0) is 4.74 Å². The smallest absolute Gasteiger partial charge is 0.407 e. The first-order valence-corrected chi connectivity index (χ1v) is 6.62. The van der Waals surface area contributed by atoms with Crippen LogP contribution < -0.4 is 10.2 Å². The van der Waals surface area contributed by atoms with Crippen LogP contribution in [0.1, 0.15) is 26.3 Å². The third kappa shape index (κ3) is 3.41. The molecule has 0 bridgehead atoms. The Kier molecular flexibility index (Phi) is 3.84. The molecule has 1 aromatic carbocycles. The van der Waals surface area contributed by atoms with Crippen LogP contribution >= 0.6 is 0 Å². The zero-order valence-electron chi connectivity index (χ0n) is 12.0. The first-order valence-electron chi connectivity index (χ1n) is 6.62. The molecular formula is C15H19N3O2. The standard InChI is InChI=1S/C15H19N3O2/c1-15(2,3)20-14(19)17-12-9-18(10-12)13-7-5-4-6-11(13)8-16/h4-7,12H,9-10H2,1-3H3,(H,17,19). The Hall–Kier alpha value is -2.22. The summed E-state index contributed by atoms with van der Waals surface area (Å²) in [6.45, 7) is 6.89. The Morgan fingerprint density at radius 3 is 2.65 bits per heavy atom. The molecule has 0 aliphatic carbocycles. The summed E-state index contributed by atoms with van der Waals surface area (Å²) in [6, 6.07) is 9.71. The zero-order chi connectivity index (χ0) is 14.8. The number of nitriles is 1. The van der Waals surface area contributed by atoms with Crippen LogP contribution in [0.5, 0.6) is 0 Å². The molecule has 0 aromatic heterocycles. The normalized spacial score (nSPS) is 15.2. The third-order valence-electron chi connectivity index (χ3n) is 2.97. The average Bonchev–Trinajstić information content (AvgIpc) is 2.31. The van der Waals surface area contributed by atoms with Gasteiger partial charge in [0.15, 0.2) is 0 Å². The predicted octanol–water partition coefficient (Wildman–Crippen LogP) is 2.27. The van der Waals surface area contributed by atoms with Gasteiger partial charge in [-0.3, -0.25) is 0 Å². The first-order chi connectivity index (χ1) is 9.39. The van der Waals surface area contributed by atoms with Crippen molar-refractivity contribution in [1.82, 2.24) is 5.32 Å². The van der Waals surface area contributed by atoms with Crippen molar-refractivity contribution < 1.29 is 9.53 Å². The van der Waals surface area contributed by atoms with Crippen molar-refractivity contribution in [2.45, 2.75) is 32.4 Å². The number of amides is 1. The molecule has 1 heterocycles. The summed E-state index contributed by atoms with van der Waals surface area (Å²) in [7, 11) is 0. The van der Waals surface area contributed by atoms with Crippen LogP contribution in [0.25, 0.3) is 0 Å². The monoisotopic (exact) mass is 273 g/mol. The highest BCUT2D eigenvalue weighted by molar-refractivity contribution is 5.69. The number of anilines is 1. The molecule has 0 saturated carbocycles. The van der Waals surface area contributed by atoms with Gasteiger partial charge in [-0.05, 0) is 32.9 Å². The second-order valence-corrected chi connectivity index (χ2v) is 5.88. The van der Waals surface area contributed by atoms with Crippen LogP contribution in [0.3, 0.4) is 0 Å². The summed E-state index contributed by atoms with van der Waals surface area (Å²) >= 11 is 0. The molecule has 106 valence electrons. The van der Waals surface area contributed by atoms with Gasteiger partial charge in [0.25, 0.3) is 0 Å². The number of rotatable bonds is 2. The summed E-state index contributed by atoms with van der Waals surface area (Å²) in [5.41, 5.74) is 1.08. The number of hydrogen-bond acceptors (Lipinski definition) is 4. The van der Waals surface area contributed by atoms with E-state index >= 15 is 0 Å². The summed E-state index contributed by atoms with van der Waals surface area (Å²) in [4.78, 5) is 13.7. The number of carbonyl (C=O) groups is 1. The van der Waals surface area contributed by atoms with Gasteiger partial charge in [0.2, 0.25) is 0 Å². The van der Waals surface area contributed by atoms with Crippen LogP contribution in [0, 0.1) is 11.3 Å². The quantitative estimate of drug-likeness (QED) is 0.897. The van der Waals surface area contributed by atoms with Gasteiger partial charge in [-0.15, -0.1) is 0 Å². The number of alkyl carbamates (subject to hydrolysis) is 1. The molecule has 2 rings (SSSR count). The van der Waals surface area contributed by atoms with Crippen molar-refractivity contribution in [3.05, 3.63) is 29.8 Å². The van der Waals surface area contributed by atoms with E-state index in [1.54, 1.807) is 6.07 Å². The van der Waals surface area contributed by atoms with Crippen LogP contribution in [0.2, 0.25) is 0 Å². The van der Waals surface area contributed by atoms with Gasteiger partial charge in [-0.25, -0.2) is 4.79 Å². The molecular weight excluding hydrogens is 254 g/mol. The SMILES string of the molecule is CC(C)(C)OC(=O)NC1CN(c2ccccc2C#N)C1. The van der Waals surface area contributed by atoms with Crippen molar-refractivity contribution >= 4 is 11.8 Å². The van der Waals surface area contributed by atoms with Crippen molar-refractivity contribution in [3.63, 3.8) is 0 Å². The lowest BCUT2D eigenvalue weighted by Gasteiger charge is -2.41. The topological polar surface area (TPSA) is 65.4 Å². The minimum absolute atomic E-state index is 0.0663. The second kappa shape index (κ2) is 5.41. The minimum atomic E-state index is -0.485. The zero-order valence-corrected chi connectivity index (χ0v) is 12.0. The van der Waals surface area contributed by atoms with Gasteiger partial charge in [-0.2, -0.15) is 5.26 Å². The highest BCUT2D eigenvalue weighted by Gasteiger charge is 2.30. The van der Waals surface area contributed by atoms with E-state index in [9.17, 15) is 4.79 Å². The highest BCUT2D eigenvalue weighted by atomic mass is 16.6. The maximum absolute atomic E-state index is 11.6. The number of carbonyl (C=O) groups excluding carboxylic acids is 1. The van der Waals surface area contributed by atoms with Crippen molar-refractivity contribution in [2.24, 2.45) is 0 Å². The van der Waals surface area contributed by atoms with E-state index in [0.717, 1.165) is 5.69 Å². The molecule has 5 heteroatoms. The van der Waals surface area contributed by atoms with Gasteiger partial charge in [-0.1, -0.05) is 12.1 Å². The summed E-state index contributed by atoms with van der Waals surface area (Å²) in [6.07, 6.45) is -0.393. The molecule has 20 heavy (non-hydrogen) atoms. The lowest BCUT2D eigenvalue weighted by atomic mass is 10.1. The van der Waals surface area contributed by atoms with E-state index in [1.165, 1.54) is 0 Å². The van der Waals surface area contributed by atoms with Crippen LogP contribution in [-0.4, -0.2) is 30.8 Å². The molecule has 1 aromatic rings. The molecule has 0 atom stereocenters. The number of nitrogens with zero attached hydrogens (tertiary/aromatic N) is 2. The number of ether oxygens (including phenoxy) is 1. The molecule has 1 aliphatic heterocycles. The fourth-order valence-electron chi connectivity index (χ4n) is 2.08. The largest absolute Gasteiger partial charge is 0.444 e. The maximum Gasteiger partial charge on any atom is 0.407 e. The molecule has 1 saturated heterocycles. The predicted molar refractivity (Wildman–Crippen MR) is 76.5 cm³/mol. The first kappa shape index (κ1) is 14.2. The fourth-order valence-corrected chi connectivity index (χ4v) is 2.08. The second-order valence-electron chi connectivity index (χ2n) is 5.88. The Morgan fingerprint density at radius 1 is 1.40 bits per heavy atom. The Labute approximate surface area is 119 Å². The van der Waals surface area contributed by atoms with Crippen molar-refractivity contribution in [3.8, 4) is 6.07 Å². The van der Waals surface area contributed by atoms with Gasteiger partial charge < -0.3 is 15.0 Å². The van der Waals surface area contributed by atoms with Crippen molar-refractivity contribution in [1.29, 1.82) is 5.26 Å². The van der Waals surface area contributed by atoms with E-state index < -0.39 is 11.7 Å². The summed E-state index contributed by atoms with van der Waals surface area (Å²) < 4.78 is 5.21. The van der Waals surface area contributed by atoms with E-state index in [0.29, 0.717) is 18.7 Å². The average molecular weight is 273 g/mol. The molecule has 5 nitrogen and oxygen atoms in total.